The summed E-state index contributed by atoms with van der Waals surface area (Å²) in [6.45, 7) is 0. The first kappa shape index (κ1) is 29.7. The summed E-state index contributed by atoms with van der Waals surface area (Å²) in [5.74, 6) is 1.37. The maximum atomic E-state index is 5.59. The molecule has 4 aromatic heterocycles. The molecule has 0 aliphatic carbocycles. The lowest BCUT2D eigenvalue weighted by Crippen LogP contribution is -1.91. The molecule has 0 bridgehead atoms. The third-order valence-corrected chi connectivity index (χ3v) is 9.81. The van der Waals surface area contributed by atoms with Crippen LogP contribution in [0.1, 0.15) is 0 Å². The van der Waals surface area contributed by atoms with Crippen molar-refractivity contribution < 1.29 is 8.83 Å². The molecule has 244 valence electrons. The lowest BCUT2D eigenvalue weighted by atomic mass is 9.86. The Bertz CT molecular complexity index is 2690. The monoisotopic (exact) mass is 668 g/mol. The van der Waals surface area contributed by atoms with Gasteiger partial charge in [-0.15, -0.1) is 0 Å². The van der Waals surface area contributed by atoms with Gasteiger partial charge >= 0.3 is 0 Å². The van der Waals surface area contributed by atoms with Crippen LogP contribution < -0.4 is 0 Å². The van der Waals surface area contributed by atoms with Crippen LogP contribution in [0, 0.1) is 0 Å². The zero-order valence-corrected chi connectivity index (χ0v) is 27.8. The summed E-state index contributed by atoms with van der Waals surface area (Å²) < 4.78 is 11.2. The first-order valence-corrected chi connectivity index (χ1v) is 17.0. The van der Waals surface area contributed by atoms with Crippen molar-refractivity contribution >= 4 is 32.3 Å². The highest BCUT2D eigenvalue weighted by atomic mass is 16.3. The first-order chi connectivity index (χ1) is 25.8. The van der Waals surface area contributed by atoms with Crippen LogP contribution in [0.2, 0.25) is 0 Å². The highest BCUT2D eigenvalue weighted by molar-refractivity contribution is 6.27. The average molecular weight is 669 g/mol. The largest absolute Gasteiger partial charge is 0.443 e. The number of nitrogens with zero attached hydrogens (tertiary/aromatic N) is 4. The van der Waals surface area contributed by atoms with E-state index in [0.29, 0.717) is 11.5 Å². The van der Waals surface area contributed by atoms with Gasteiger partial charge in [-0.25, -0.2) is 9.97 Å². The number of aromatic nitrogens is 4. The van der Waals surface area contributed by atoms with Crippen LogP contribution in [-0.4, -0.2) is 19.9 Å². The van der Waals surface area contributed by atoms with Crippen LogP contribution in [-0.2, 0) is 0 Å². The van der Waals surface area contributed by atoms with Gasteiger partial charge in [0.05, 0.1) is 12.4 Å². The third-order valence-electron chi connectivity index (χ3n) is 9.81. The van der Waals surface area contributed by atoms with Gasteiger partial charge in [-0.1, -0.05) is 84.9 Å². The Morgan fingerprint density at radius 1 is 0.288 bits per heavy atom. The number of pyridine rings is 2. The molecule has 0 N–H and O–H groups in total. The van der Waals surface area contributed by atoms with E-state index in [2.05, 4.69) is 141 Å². The van der Waals surface area contributed by atoms with Crippen molar-refractivity contribution in [2.24, 2.45) is 0 Å². The highest BCUT2D eigenvalue weighted by Crippen LogP contribution is 2.44. The SMILES string of the molecule is c1ccc(-c2cc3c4cc(-c5cncc(-c6cnco6)c5)ccc4c4ccc(-c5cncc(-c6cnco6)c5)cc4c3cc2-c2ccccc2)cc1. The zero-order chi connectivity index (χ0) is 34.4. The second kappa shape index (κ2) is 12.3. The van der Waals surface area contributed by atoms with Gasteiger partial charge in [0.1, 0.15) is 0 Å². The summed E-state index contributed by atoms with van der Waals surface area (Å²) in [4.78, 5) is 17.3. The topological polar surface area (TPSA) is 77.8 Å². The summed E-state index contributed by atoms with van der Waals surface area (Å²) in [5.41, 5.74) is 10.6. The van der Waals surface area contributed by atoms with Crippen molar-refractivity contribution in [3.8, 4) is 67.2 Å². The lowest BCUT2D eigenvalue weighted by Gasteiger charge is -2.18. The molecule has 0 saturated heterocycles. The Hall–Kier alpha value is -7.18. The number of hydrogen-bond acceptors (Lipinski definition) is 6. The molecule has 10 aromatic rings. The summed E-state index contributed by atoms with van der Waals surface area (Å²) in [7, 11) is 0. The van der Waals surface area contributed by atoms with Crippen LogP contribution in [0.4, 0.5) is 0 Å². The van der Waals surface area contributed by atoms with E-state index in [1.807, 2.05) is 12.4 Å². The maximum Gasteiger partial charge on any atom is 0.181 e. The minimum atomic E-state index is 0.685. The highest BCUT2D eigenvalue weighted by Gasteiger charge is 2.17. The standard InChI is InChI=1S/C46H28N4O2/c1-3-7-29(8-4-1)39-19-43-41-17-31(33-15-35(23-47-21-33)45-25-49-27-51-45)11-13-37(41)38-14-12-32(34-16-36(24-48-22-34)46-26-50-28-52-46)18-42(38)44(43)20-40(39)30-9-5-2-6-10-30/h1-28H. The fraction of sp³-hybridized carbons (Fsp3) is 0. The van der Waals surface area contributed by atoms with Crippen molar-refractivity contribution in [1.82, 2.24) is 19.9 Å². The zero-order valence-electron chi connectivity index (χ0n) is 27.8. The van der Waals surface area contributed by atoms with E-state index in [1.165, 1.54) is 67.4 Å². The summed E-state index contributed by atoms with van der Waals surface area (Å²) in [5, 5.41) is 7.04. The van der Waals surface area contributed by atoms with E-state index >= 15 is 0 Å². The van der Waals surface area contributed by atoms with Gasteiger partial charge < -0.3 is 8.83 Å². The Kier molecular flexibility index (Phi) is 7.03. The smallest absolute Gasteiger partial charge is 0.181 e. The maximum absolute atomic E-state index is 5.59. The summed E-state index contributed by atoms with van der Waals surface area (Å²) in [6, 6.07) is 43.7. The van der Waals surface area contributed by atoms with Crippen molar-refractivity contribution in [2.45, 2.75) is 0 Å². The van der Waals surface area contributed by atoms with E-state index < -0.39 is 0 Å². The van der Waals surface area contributed by atoms with Crippen LogP contribution in [0.5, 0.6) is 0 Å². The second-order valence-corrected chi connectivity index (χ2v) is 12.9. The van der Waals surface area contributed by atoms with E-state index in [-0.39, 0.29) is 0 Å². The summed E-state index contributed by atoms with van der Waals surface area (Å²) in [6.07, 6.45) is 13.7. The first-order valence-electron chi connectivity index (χ1n) is 17.0. The molecule has 6 heteroatoms. The van der Waals surface area contributed by atoms with Gasteiger partial charge in [-0.05, 0) is 102 Å². The third kappa shape index (κ3) is 5.13. The van der Waals surface area contributed by atoms with Gasteiger partial charge in [-0.3, -0.25) is 9.97 Å². The molecule has 10 rings (SSSR count). The van der Waals surface area contributed by atoms with E-state index in [9.17, 15) is 0 Å². The molecule has 0 aliphatic heterocycles. The van der Waals surface area contributed by atoms with E-state index in [4.69, 9.17) is 8.83 Å². The normalized spacial score (nSPS) is 11.5. The molecule has 0 aliphatic rings. The van der Waals surface area contributed by atoms with Crippen LogP contribution in [0.25, 0.3) is 99.5 Å². The van der Waals surface area contributed by atoms with Gasteiger partial charge in [0.25, 0.3) is 0 Å². The molecule has 0 radical (unpaired) electrons. The van der Waals surface area contributed by atoms with Crippen molar-refractivity contribution in [1.29, 1.82) is 0 Å². The molecule has 52 heavy (non-hydrogen) atoms. The number of benzene rings is 6. The molecular formula is C46H28N4O2. The van der Waals surface area contributed by atoms with Crippen LogP contribution in [0.3, 0.4) is 0 Å². The number of hydrogen-bond donors (Lipinski definition) is 0. The molecule has 0 saturated carbocycles. The Morgan fingerprint density at radius 3 is 1.13 bits per heavy atom. The second-order valence-electron chi connectivity index (χ2n) is 12.9. The van der Waals surface area contributed by atoms with Crippen molar-refractivity contribution in [3.05, 3.63) is 171 Å². The molecular weight excluding hydrogens is 641 g/mol. The quantitative estimate of drug-likeness (QED) is 0.164. The van der Waals surface area contributed by atoms with E-state index in [1.54, 1.807) is 24.8 Å². The number of oxazole rings is 2. The van der Waals surface area contributed by atoms with Gasteiger partial charge in [0.2, 0.25) is 0 Å². The minimum Gasteiger partial charge on any atom is -0.443 e. The van der Waals surface area contributed by atoms with Gasteiger partial charge in [0.15, 0.2) is 24.3 Å². The number of fused-ring (bicyclic) bond motifs is 6. The minimum absolute atomic E-state index is 0.685. The van der Waals surface area contributed by atoms with Crippen molar-refractivity contribution in [3.63, 3.8) is 0 Å². The molecule has 0 atom stereocenters. The fourth-order valence-corrected chi connectivity index (χ4v) is 7.30. The Balaban J connectivity index is 1.26. The molecule has 0 spiro atoms. The van der Waals surface area contributed by atoms with Crippen LogP contribution >= 0.6 is 0 Å². The predicted octanol–water partition coefficient (Wildman–Crippen LogP) is 11.9. The molecule has 6 aromatic carbocycles. The van der Waals surface area contributed by atoms with Gasteiger partial charge in [-0.2, -0.15) is 0 Å². The number of rotatable bonds is 6. The Labute approximate surface area is 298 Å². The van der Waals surface area contributed by atoms with Crippen LogP contribution in [0.15, 0.2) is 180 Å². The molecule has 0 amide bonds. The summed E-state index contributed by atoms with van der Waals surface area (Å²) >= 11 is 0. The molecule has 0 unspecified atom stereocenters. The van der Waals surface area contributed by atoms with Crippen molar-refractivity contribution in [2.75, 3.05) is 0 Å². The van der Waals surface area contributed by atoms with E-state index in [0.717, 1.165) is 33.4 Å². The Morgan fingerprint density at radius 2 is 0.712 bits per heavy atom. The molecule has 6 nitrogen and oxygen atoms in total. The lowest BCUT2D eigenvalue weighted by molar-refractivity contribution is 0.571. The van der Waals surface area contributed by atoms with Gasteiger partial charge in [0, 0.05) is 47.0 Å². The molecule has 0 fully saturated rings. The molecule has 4 heterocycles. The average Bonchev–Trinajstić information content (AvgIpc) is 3.97. The predicted molar refractivity (Wildman–Crippen MR) is 207 cm³/mol. The fourth-order valence-electron chi connectivity index (χ4n) is 7.30.